The van der Waals surface area contributed by atoms with Crippen molar-refractivity contribution in [1.82, 2.24) is 0 Å². The van der Waals surface area contributed by atoms with Crippen molar-refractivity contribution in [2.75, 3.05) is 0 Å². The summed E-state index contributed by atoms with van der Waals surface area (Å²) < 4.78 is 5.03. The van der Waals surface area contributed by atoms with Crippen molar-refractivity contribution in [3.8, 4) is 0 Å². The summed E-state index contributed by atoms with van der Waals surface area (Å²) in [7, 11) is 0. The number of para-hydroxylation sites is 1. The van der Waals surface area contributed by atoms with Gasteiger partial charge in [0.2, 0.25) is 0 Å². The van der Waals surface area contributed by atoms with Crippen LogP contribution in [0.2, 0.25) is 0 Å². The molecule has 7 heteroatoms. The summed E-state index contributed by atoms with van der Waals surface area (Å²) in [4.78, 5) is 33.1. The second-order valence-electron chi connectivity index (χ2n) is 3.97. The van der Waals surface area contributed by atoms with Crippen molar-refractivity contribution in [2.45, 2.75) is 12.5 Å². The molecular formula is C14H13NO6. The van der Waals surface area contributed by atoms with E-state index in [-0.39, 0.29) is 0 Å². The van der Waals surface area contributed by atoms with E-state index in [4.69, 9.17) is 9.84 Å². The minimum atomic E-state index is -1.50. The van der Waals surface area contributed by atoms with Gasteiger partial charge in [0.25, 0.3) is 5.69 Å². The Morgan fingerprint density at radius 2 is 2.00 bits per heavy atom. The minimum absolute atomic E-state index is 0.293. The molecule has 0 radical (unpaired) electrons. The number of aromatic carboxylic acids is 1. The molecule has 0 fully saturated rings. The fraction of sp³-hybridized carbons (Fsp3) is 0.143. The Labute approximate surface area is 120 Å². The molecule has 0 aromatic heterocycles. The third kappa shape index (κ3) is 3.75. The van der Waals surface area contributed by atoms with Crippen LogP contribution in [0.15, 0.2) is 43.5 Å². The Morgan fingerprint density at radius 1 is 1.38 bits per heavy atom. The predicted octanol–water partition coefficient (Wildman–Crippen LogP) is 2.58. The molecule has 0 bridgehead atoms. The van der Waals surface area contributed by atoms with Crippen molar-refractivity contribution in [1.29, 1.82) is 0 Å². The Hall–Kier alpha value is -2.96. The number of ether oxygens (including phenoxy) is 1. The number of carbonyl (C=O) groups excluding carboxylic acids is 1. The third-order valence-corrected chi connectivity index (χ3v) is 2.59. The number of esters is 1. The Bertz CT molecular complexity index is 607. The van der Waals surface area contributed by atoms with Crippen molar-refractivity contribution in [2.24, 2.45) is 0 Å². The molecule has 1 aromatic rings. The average Bonchev–Trinajstić information content (AvgIpc) is 2.45. The van der Waals surface area contributed by atoms with Gasteiger partial charge in [0.1, 0.15) is 17.2 Å². The number of rotatable bonds is 7. The molecule has 1 rings (SSSR count). The second kappa shape index (κ2) is 6.99. The molecule has 0 amide bonds. The normalized spacial score (nSPS) is 11.2. The van der Waals surface area contributed by atoms with Gasteiger partial charge in [-0.1, -0.05) is 24.8 Å². The summed E-state index contributed by atoms with van der Waals surface area (Å²) in [6.07, 6.45) is 2.46. The molecule has 0 aliphatic rings. The van der Waals surface area contributed by atoms with Crippen LogP contribution >= 0.6 is 0 Å². The van der Waals surface area contributed by atoms with Gasteiger partial charge in [0.05, 0.1) is 4.92 Å². The molecule has 1 unspecified atom stereocenters. The van der Waals surface area contributed by atoms with Gasteiger partial charge in [-0.3, -0.25) is 10.1 Å². The fourth-order valence-corrected chi connectivity index (χ4v) is 1.64. The lowest BCUT2D eigenvalue weighted by Crippen LogP contribution is -2.17. The van der Waals surface area contributed by atoms with E-state index in [2.05, 4.69) is 13.2 Å². The van der Waals surface area contributed by atoms with Gasteiger partial charge in [-0.25, -0.2) is 9.59 Å². The van der Waals surface area contributed by atoms with Crippen molar-refractivity contribution < 1.29 is 24.4 Å². The first-order valence-electron chi connectivity index (χ1n) is 5.87. The molecule has 0 aliphatic carbocycles. The van der Waals surface area contributed by atoms with Crippen LogP contribution in [0.5, 0.6) is 0 Å². The van der Waals surface area contributed by atoms with Gasteiger partial charge in [0, 0.05) is 6.42 Å². The first-order chi connectivity index (χ1) is 9.92. The number of nitrogens with zero attached hydrogens (tertiary/aromatic N) is 1. The number of nitro groups is 1. The maximum absolute atomic E-state index is 12.0. The zero-order valence-corrected chi connectivity index (χ0v) is 11.0. The van der Waals surface area contributed by atoms with Crippen LogP contribution in [0, 0.1) is 10.1 Å². The molecule has 1 atom stereocenters. The van der Waals surface area contributed by atoms with E-state index < -0.39 is 39.8 Å². The number of carboxylic acid groups (broad SMARTS) is 1. The van der Waals surface area contributed by atoms with E-state index in [0.717, 1.165) is 12.1 Å². The van der Waals surface area contributed by atoms with Gasteiger partial charge in [-0.05, 0) is 12.1 Å². The highest BCUT2D eigenvalue weighted by atomic mass is 16.6. The number of hydrogen-bond acceptors (Lipinski definition) is 5. The minimum Gasteiger partial charge on any atom is -0.477 e. The van der Waals surface area contributed by atoms with E-state index >= 15 is 0 Å². The van der Waals surface area contributed by atoms with E-state index in [9.17, 15) is 19.7 Å². The third-order valence-electron chi connectivity index (χ3n) is 2.59. The smallest absolute Gasteiger partial charge is 0.345 e. The molecule has 0 spiro atoms. The zero-order chi connectivity index (χ0) is 16.0. The lowest BCUT2D eigenvalue weighted by atomic mass is 10.1. The predicted molar refractivity (Wildman–Crippen MR) is 74.3 cm³/mol. The maximum Gasteiger partial charge on any atom is 0.345 e. The van der Waals surface area contributed by atoms with E-state index in [1.165, 1.54) is 18.2 Å². The van der Waals surface area contributed by atoms with Crippen molar-refractivity contribution in [3.63, 3.8) is 0 Å². The maximum atomic E-state index is 12.0. The summed E-state index contributed by atoms with van der Waals surface area (Å²) in [5, 5.41) is 20.0. The molecule has 0 saturated carbocycles. The Kier molecular flexibility index (Phi) is 5.36. The van der Waals surface area contributed by atoms with Gasteiger partial charge in [-0.2, -0.15) is 0 Å². The standard InChI is InChI=1S/C14H13NO6/c1-3-6-9(4-2)21-14(18)11-8-5-7-10(13(16)17)12(11)15(19)20/h3-5,7-9H,1-2,6H2,(H,16,17). The molecule has 1 N–H and O–H groups in total. The lowest BCUT2D eigenvalue weighted by molar-refractivity contribution is -0.385. The Morgan fingerprint density at radius 3 is 2.48 bits per heavy atom. The largest absolute Gasteiger partial charge is 0.477 e. The molecule has 110 valence electrons. The Balaban J connectivity index is 3.23. The molecule has 21 heavy (non-hydrogen) atoms. The molecule has 7 nitrogen and oxygen atoms in total. The van der Waals surface area contributed by atoms with Gasteiger partial charge >= 0.3 is 11.9 Å². The van der Waals surface area contributed by atoms with Crippen LogP contribution in [-0.2, 0) is 4.74 Å². The van der Waals surface area contributed by atoms with Crippen molar-refractivity contribution >= 4 is 17.6 Å². The first kappa shape index (κ1) is 16.1. The summed E-state index contributed by atoms with van der Waals surface area (Å²) in [5.74, 6) is -2.49. The topological polar surface area (TPSA) is 107 Å². The quantitative estimate of drug-likeness (QED) is 0.358. The van der Waals surface area contributed by atoms with E-state index in [1.54, 1.807) is 0 Å². The summed E-state index contributed by atoms with van der Waals surface area (Å²) in [6.45, 7) is 6.96. The van der Waals surface area contributed by atoms with Crippen LogP contribution in [0.1, 0.15) is 27.1 Å². The summed E-state index contributed by atoms with van der Waals surface area (Å²) in [5.41, 5.74) is -1.79. The summed E-state index contributed by atoms with van der Waals surface area (Å²) in [6, 6.07) is 3.43. The number of nitro benzene ring substituents is 1. The molecular weight excluding hydrogens is 278 g/mol. The van der Waals surface area contributed by atoms with Crippen LogP contribution < -0.4 is 0 Å². The monoisotopic (exact) mass is 291 g/mol. The molecule has 0 aliphatic heterocycles. The van der Waals surface area contributed by atoms with Gasteiger partial charge in [0.15, 0.2) is 0 Å². The van der Waals surface area contributed by atoms with Gasteiger partial charge in [-0.15, -0.1) is 6.58 Å². The van der Waals surface area contributed by atoms with Crippen LogP contribution in [0.3, 0.4) is 0 Å². The highest BCUT2D eigenvalue weighted by Crippen LogP contribution is 2.25. The average molecular weight is 291 g/mol. The summed E-state index contributed by atoms with van der Waals surface area (Å²) >= 11 is 0. The lowest BCUT2D eigenvalue weighted by Gasteiger charge is -2.12. The molecule has 1 aromatic carbocycles. The van der Waals surface area contributed by atoms with Crippen molar-refractivity contribution in [3.05, 3.63) is 64.8 Å². The highest BCUT2D eigenvalue weighted by Gasteiger charge is 2.29. The van der Waals surface area contributed by atoms with E-state index in [0.29, 0.717) is 6.42 Å². The SMILES string of the molecule is C=CCC(C=C)OC(=O)c1cccc(C(=O)O)c1[N+](=O)[O-]. The second-order valence-corrected chi connectivity index (χ2v) is 3.97. The highest BCUT2D eigenvalue weighted by molar-refractivity contribution is 6.01. The molecule has 0 heterocycles. The zero-order valence-electron chi connectivity index (χ0n) is 11.0. The van der Waals surface area contributed by atoms with Gasteiger partial charge < -0.3 is 9.84 Å². The number of hydrogen-bond donors (Lipinski definition) is 1. The van der Waals surface area contributed by atoms with E-state index in [1.807, 2.05) is 0 Å². The number of benzene rings is 1. The first-order valence-corrected chi connectivity index (χ1v) is 5.87. The van der Waals surface area contributed by atoms with Crippen LogP contribution in [0.25, 0.3) is 0 Å². The fourth-order valence-electron chi connectivity index (χ4n) is 1.64. The number of carbonyl (C=O) groups is 2. The van der Waals surface area contributed by atoms with Crippen LogP contribution in [-0.4, -0.2) is 28.1 Å². The number of carboxylic acids is 1. The van der Waals surface area contributed by atoms with Crippen LogP contribution in [0.4, 0.5) is 5.69 Å². The molecule has 0 saturated heterocycles.